The van der Waals surface area contributed by atoms with Gasteiger partial charge < -0.3 is 4.74 Å². The van der Waals surface area contributed by atoms with Crippen LogP contribution < -0.4 is 4.74 Å². The van der Waals surface area contributed by atoms with Crippen LogP contribution >= 0.6 is 0 Å². The first-order valence-corrected chi connectivity index (χ1v) is 11.7. The number of carbonyl (C=O) groups excluding carboxylic acids is 3. The molecular formula is C28H25NO4. The summed E-state index contributed by atoms with van der Waals surface area (Å²) in [5, 5.41) is 2.01. The first-order chi connectivity index (χ1) is 16.1. The quantitative estimate of drug-likeness (QED) is 0.336. The van der Waals surface area contributed by atoms with Crippen molar-refractivity contribution in [2.75, 3.05) is 0 Å². The number of fused-ring (bicyclic) bond motifs is 6. The Morgan fingerprint density at radius 3 is 2.18 bits per heavy atom. The number of ether oxygens (including phenoxy) is 1. The van der Waals surface area contributed by atoms with Crippen LogP contribution in [0.3, 0.4) is 0 Å². The van der Waals surface area contributed by atoms with E-state index in [1.54, 1.807) is 6.07 Å². The Labute approximate surface area is 192 Å². The lowest BCUT2D eigenvalue weighted by atomic mass is 9.81. The third kappa shape index (κ3) is 3.34. The fourth-order valence-electron chi connectivity index (χ4n) is 6.27. The minimum atomic E-state index is -0.969. The van der Waals surface area contributed by atoms with E-state index in [0.29, 0.717) is 5.75 Å². The number of hydrogen-bond acceptors (Lipinski definition) is 4. The number of imide groups is 1. The molecule has 6 rings (SSSR count). The highest BCUT2D eigenvalue weighted by atomic mass is 16.5. The van der Waals surface area contributed by atoms with Crippen molar-refractivity contribution < 1.29 is 19.1 Å². The number of hydrogen-bond donors (Lipinski definition) is 0. The van der Waals surface area contributed by atoms with Crippen molar-refractivity contribution in [3.05, 3.63) is 78.4 Å². The second-order valence-corrected chi connectivity index (χ2v) is 9.57. The monoisotopic (exact) mass is 439 g/mol. The Morgan fingerprint density at radius 2 is 1.48 bits per heavy atom. The maximum absolute atomic E-state index is 13.5. The van der Waals surface area contributed by atoms with Crippen LogP contribution in [0.4, 0.5) is 0 Å². The van der Waals surface area contributed by atoms with E-state index in [0.717, 1.165) is 35.6 Å². The average molecular weight is 440 g/mol. The van der Waals surface area contributed by atoms with Gasteiger partial charge in [-0.3, -0.25) is 14.5 Å². The van der Waals surface area contributed by atoms with Gasteiger partial charge in [-0.1, -0.05) is 60.7 Å². The average Bonchev–Trinajstić information content (AvgIpc) is 3.52. The number of carbonyl (C=O) groups is 3. The molecule has 5 nitrogen and oxygen atoms in total. The van der Waals surface area contributed by atoms with Gasteiger partial charge in [-0.15, -0.1) is 0 Å². The topological polar surface area (TPSA) is 63.7 Å². The molecule has 5 atom stereocenters. The Morgan fingerprint density at radius 1 is 0.848 bits per heavy atom. The normalized spacial score (nSPS) is 26.6. The molecule has 2 saturated carbocycles. The summed E-state index contributed by atoms with van der Waals surface area (Å²) < 4.78 is 5.77. The number of nitrogens with zero attached hydrogens (tertiary/aromatic N) is 1. The fourth-order valence-corrected chi connectivity index (χ4v) is 6.27. The maximum atomic E-state index is 13.5. The van der Waals surface area contributed by atoms with E-state index >= 15 is 0 Å². The molecular weight excluding hydrogens is 414 g/mol. The molecule has 0 N–H and O–H groups in total. The van der Waals surface area contributed by atoms with Crippen molar-refractivity contribution in [2.45, 2.75) is 31.7 Å². The predicted molar refractivity (Wildman–Crippen MR) is 123 cm³/mol. The SMILES string of the molecule is O=C(Oc1ccc2ccccc2c1)[C@@H](Cc1ccccc1)N1C(=O)[C@@H]2[C@H]3CC[C@@H](C3)[C@@H]2C1=O. The summed E-state index contributed by atoms with van der Waals surface area (Å²) in [6.07, 6.45) is 3.22. The van der Waals surface area contributed by atoms with Gasteiger partial charge in [0.1, 0.15) is 11.8 Å². The van der Waals surface area contributed by atoms with Crippen molar-refractivity contribution in [1.29, 1.82) is 0 Å². The van der Waals surface area contributed by atoms with Crippen LogP contribution in [0, 0.1) is 23.7 Å². The lowest BCUT2D eigenvalue weighted by Crippen LogP contribution is -2.49. The van der Waals surface area contributed by atoms with E-state index in [4.69, 9.17) is 4.74 Å². The van der Waals surface area contributed by atoms with Gasteiger partial charge >= 0.3 is 5.97 Å². The zero-order chi connectivity index (χ0) is 22.5. The van der Waals surface area contributed by atoms with E-state index in [-0.39, 0.29) is 41.9 Å². The predicted octanol–water partition coefficient (Wildman–Crippen LogP) is 4.39. The van der Waals surface area contributed by atoms with Gasteiger partial charge in [0, 0.05) is 6.42 Å². The van der Waals surface area contributed by atoms with Crippen molar-refractivity contribution in [3.63, 3.8) is 0 Å². The molecule has 3 aromatic rings. The van der Waals surface area contributed by atoms with Crippen LogP contribution in [0.25, 0.3) is 10.8 Å². The smallest absolute Gasteiger partial charge is 0.335 e. The van der Waals surface area contributed by atoms with Crippen LogP contribution in [0.2, 0.25) is 0 Å². The molecule has 0 spiro atoms. The van der Waals surface area contributed by atoms with Gasteiger partial charge in [-0.2, -0.15) is 0 Å². The Bertz CT molecular complexity index is 1230. The minimum Gasteiger partial charge on any atom is -0.425 e. The highest BCUT2D eigenvalue weighted by Crippen LogP contribution is 2.56. The molecule has 1 saturated heterocycles. The first kappa shape index (κ1) is 20.2. The number of benzene rings is 3. The molecule has 166 valence electrons. The molecule has 2 bridgehead atoms. The van der Waals surface area contributed by atoms with E-state index in [1.165, 1.54) is 4.90 Å². The van der Waals surface area contributed by atoms with Gasteiger partial charge in [0.25, 0.3) is 0 Å². The number of esters is 1. The molecule has 2 aliphatic carbocycles. The highest BCUT2D eigenvalue weighted by Gasteiger charge is 2.62. The van der Waals surface area contributed by atoms with Gasteiger partial charge in [0.15, 0.2) is 0 Å². The molecule has 3 aliphatic rings. The second kappa shape index (κ2) is 7.84. The van der Waals surface area contributed by atoms with Crippen molar-refractivity contribution in [1.82, 2.24) is 4.90 Å². The molecule has 0 unspecified atom stereocenters. The molecule has 33 heavy (non-hydrogen) atoms. The summed E-state index contributed by atoms with van der Waals surface area (Å²) in [4.78, 5) is 41.6. The molecule has 0 radical (unpaired) electrons. The molecule has 3 fully saturated rings. The van der Waals surface area contributed by atoms with Gasteiger partial charge in [0.05, 0.1) is 11.8 Å². The van der Waals surface area contributed by atoms with Crippen LogP contribution in [0.5, 0.6) is 5.75 Å². The van der Waals surface area contributed by atoms with E-state index < -0.39 is 12.0 Å². The maximum Gasteiger partial charge on any atom is 0.335 e. The van der Waals surface area contributed by atoms with Crippen LogP contribution in [-0.2, 0) is 20.8 Å². The van der Waals surface area contributed by atoms with Crippen molar-refractivity contribution in [3.8, 4) is 5.75 Å². The third-order valence-corrected chi connectivity index (χ3v) is 7.76. The lowest BCUT2D eigenvalue weighted by Gasteiger charge is -2.26. The summed E-state index contributed by atoms with van der Waals surface area (Å²) >= 11 is 0. The fraction of sp³-hybridized carbons (Fsp3) is 0.321. The highest BCUT2D eigenvalue weighted by molar-refractivity contribution is 6.08. The van der Waals surface area contributed by atoms with Crippen LogP contribution in [-0.4, -0.2) is 28.7 Å². The van der Waals surface area contributed by atoms with Gasteiger partial charge in [-0.05, 0) is 59.6 Å². The van der Waals surface area contributed by atoms with Gasteiger partial charge in [0.2, 0.25) is 11.8 Å². The Balaban J connectivity index is 1.32. The zero-order valence-electron chi connectivity index (χ0n) is 18.2. The lowest BCUT2D eigenvalue weighted by molar-refractivity contribution is -0.154. The minimum absolute atomic E-state index is 0.186. The third-order valence-electron chi connectivity index (χ3n) is 7.76. The largest absolute Gasteiger partial charge is 0.425 e. The Kier molecular flexibility index (Phi) is 4.79. The molecule has 1 aliphatic heterocycles. The standard InChI is InChI=1S/C28H25NO4/c30-26-24-20-10-11-21(15-20)25(24)27(31)29(26)23(14-17-6-2-1-3-7-17)28(32)33-22-13-12-18-8-4-5-9-19(18)16-22/h1-9,12-13,16,20-21,23-25H,10-11,14-15H2/t20-,21-,23+,24-,25+/m0/s1. The van der Waals surface area contributed by atoms with E-state index in [1.807, 2.05) is 66.7 Å². The molecule has 5 heteroatoms. The number of amides is 2. The summed E-state index contributed by atoms with van der Waals surface area (Å²) in [5.74, 6) is -0.502. The first-order valence-electron chi connectivity index (χ1n) is 11.7. The zero-order valence-corrected chi connectivity index (χ0v) is 18.2. The van der Waals surface area contributed by atoms with Crippen molar-refractivity contribution >= 4 is 28.6 Å². The van der Waals surface area contributed by atoms with E-state index in [9.17, 15) is 14.4 Å². The van der Waals surface area contributed by atoms with Crippen LogP contribution in [0.1, 0.15) is 24.8 Å². The molecule has 1 heterocycles. The summed E-state index contributed by atoms with van der Waals surface area (Å²) in [6.45, 7) is 0. The molecule has 0 aromatic heterocycles. The van der Waals surface area contributed by atoms with Crippen molar-refractivity contribution in [2.24, 2.45) is 23.7 Å². The number of likely N-dealkylation sites (tertiary alicyclic amines) is 1. The summed E-state index contributed by atoms with van der Waals surface area (Å²) in [6, 6.07) is 21.8. The van der Waals surface area contributed by atoms with E-state index in [2.05, 4.69) is 0 Å². The summed E-state index contributed by atoms with van der Waals surface area (Å²) in [7, 11) is 0. The summed E-state index contributed by atoms with van der Waals surface area (Å²) in [5.41, 5.74) is 0.888. The molecule has 2 amide bonds. The number of rotatable bonds is 5. The Hall–Kier alpha value is -3.47. The van der Waals surface area contributed by atoms with Crippen LogP contribution in [0.15, 0.2) is 72.8 Å². The second-order valence-electron chi connectivity index (χ2n) is 9.57. The molecule has 3 aromatic carbocycles. The van der Waals surface area contributed by atoms with Gasteiger partial charge in [-0.25, -0.2) is 4.79 Å².